The third kappa shape index (κ3) is 3.67. The second-order valence-corrected chi connectivity index (χ2v) is 7.15. The minimum Gasteiger partial charge on any atom is -0.478 e. The molecule has 0 saturated carbocycles. The van der Waals surface area contributed by atoms with E-state index in [0.717, 1.165) is 13.1 Å². The molecule has 0 aromatic heterocycles. The van der Waals surface area contributed by atoms with Crippen molar-refractivity contribution in [2.75, 3.05) is 13.1 Å². The van der Waals surface area contributed by atoms with Gasteiger partial charge in [-0.2, -0.15) is 0 Å². The number of rotatable bonds is 4. The number of carboxylic acids is 1. The maximum Gasteiger partial charge on any atom is 0.338 e. The Morgan fingerprint density at radius 3 is 2.48 bits per heavy atom. The highest BCUT2D eigenvalue weighted by Gasteiger charge is 2.27. The van der Waals surface area contributed by atoms with Gasteiger partial charge in [0.25, 0.3) is 0 Å². The molecule has 9 heteroatoms. The van der Waals surface area contributed by atoms with Crippen LogP contribution in [0.2, 0.25) is 10.0 Å². The number of carboxylic acid groups (broad SMARTS) is 1. The summed E-state index contributed by atoms with van der Waals surface area (Å²) in [5.41, 5.74) is -0.411. The minimum absolute atomic E-state index is 0.103. The fraction of sp³-hybridized carbons (Fsp3) is 0.417. The Kier molecular flexibility index (Phi) is 5.11. The van der Waals surface area contributed by atoms with Gasteiger partial charge >= 0.3 is 5.97 Å². The second kappa shape index (κ2) is 6.50. The average Bonchev–Trinajstić information content (AvgIpc) is 2.38. The number of aromatic carboxylic acids is 1. The van der Waals surface area contributed by atoms with E-state index in [0.29, 0.717) is 12.8 Å². The predicted octanol–water partition coefficient (Wildman–Crippen LogP) is 1.72. The van der Waals surface area contributed by atoms with Crippen molar-refractivity contribution in [3.8, 4) is 0 Å². The molecule has 1 aromatic rings. The molecule has 0 bridgehead atoms. The number of hydrogen-bond donors (Lipinski definition) is 3. The minimum atomic E-state index is -3.90. The Hall–Kier alpha value is -0.860. The fourth-order valence-electron chi connectivity index (χ4n) is 2.16. The van der Waals surface area contributed by atoms with E-state index in [1.165, 1.54) is 12.1 Å². The van der Waals surface area contributed by atoms with Crippen molar-refractivity contribution in [1.29, 1.82) is 0 Å². The molecule has 6 nitrogen and oxygen atoms in total. The fourth-order valence-corrected chi connectivity index (χ4v) is 4.38. The zero-order chi connectivity index (χ0) is 15.6. The lowest BCUT2D eigenvalue weighted by Gasteiger charge is -2.23. The van der Waals surface area contributed by atoms with Gasteiger partial charge in [-0.25, -0.2) is 17.9 Å². The van der Waals surface area contributed by atoms with Crippen molar-refractivity contribution in [3.05, 3.63) is 27.7 Å². The molecule has 0 amide bonds. The monoisotopic (exact) mass is 352 g/mol. The number of carbonyl (C=O) groups is 1. The van der Waals surface area contributed by atoms with Gasteiger partial charge < -0.3 is 10.4 Å². The van der Waals surface area contributed by atoms with Gasteiger partial charge in [0.05, 0.1) is 15.6 Å². The zero-order valence-electron chi connectivity index (χ0n) is 10.9. The van der Waals surface area contributed by atoms with Crippen LogP contribution in [0.3, 0.4) is 0 Å². The quantitative estimate of drug-likeness (QED) is 0.766. The van der Waals surface area contributed by atoms with Crippen LogP contribution in [0.15, 0.2) is 17.0 Å². The molecule has 1 fully saturated rings. The summed E-state index contributed by atoms with van der Waals surface area (Å²) in [5.74, 6) is -1.37. The molecule has 3 N–H and O–H groups in total. The van der Waals surface area contributed by atoms with Gasteiger partial charge in [0.2, 0.25) is 10.0 Å². The highest BCUT2D eigenvalue weighted by molar-refractivity contribution is 7.89. The summed E-state index contributed by atoms with van der Waals surface area (Å²) in [5, 5.41) is 11.7. The standard InChI is InChI=1S/C12H14Cl2N2O4S/c13-8-1-2-9(11(14)10(8)12(17)18)21(19,20)16-7-3-5-15-6-4-7/h1-2,7,15-16H,3-6H2,(H,17,18). The van der Waals surface area contributed by atoms with Gasteiger partial charge in [0, 0.05) is 6.04 Å². The number of sulfonamides is 1. The third-order valence-electron chi connectivity index (χ3n) is 3.22. The Balaban J connectivity index is 2.36. The van der Waals surface area contributed by atoms with Crippen LogP contribution in [0, 0.1) is 0 Å². The maximum atomic E-state index is 12.4. The van der Waals surface area contributed by atoms with Crippen LogP contribution in [0.5, 0.6) is 0 Å². The lowest BCUT2D eigenvalue weighted by atomic mass is 10.1. The van der Waals surface area contributed by atoms with E-state index in [9.17, 15) is 13.2 Å². The van der Waals surface area contributed by atoms with Gasteiger partial charge in [0.15, 0.2) is 0 Å². The molecule has 21 heavy (non-hydrogen) atoms. The first-order chi connectivity index (χ1) is 9.83. The number of hydrogen-bond acceptors (Lipinski definition) is 4. The lowest BCUT2D eigenvalue weighted by molar-refractivity contribution is 0.0697. The van der Waals surface area contributed by atoms with Crippen molar-refractivity contribution in [2.45, 2.75) is 23.8 Å². The summed E-state index contributed by atoms with van der Waals surface area (Å²) in [6.45, 7) is 1.45. The molecule has 0 unspecified atom stereocenters. The third-order valence-corrected chi connectivity index (χ3v) is 5.60. The Labute approximate surface area is 132 Å². The molecule has 116 valence electrons. The molecule has 1 aromatic carbocycles. The van der Waals surface area contributed by atoms with Crippen molar-refractivity contribution < 1.29 is 18.3 Å². The molecule has 0 spiro atoms. The largest absolute Gasteiger partial charge is 0.478 e. The maximum absolute atomic E-state index is 12.4. The van der Waals surface area contributed by atoms with E-state index in [2.05, 4.69) is 10.0 Å². The van der Waals surface area contributed by atoms with Crippen molar-refractivity contribution in [1.82, 2.24) is 10.0 Å². The summed E-state index contributed by atoms with van der Waals surface area (Å²) < 4.78 is 27.3. The smallest absolute Gasteiger partial charge is 0.338 e. The normalized spacial score (nSPS) is 16.9. The van der Waals surface area contributed by atoms with Crippen LogP contribution in [-0.2, 0) is 10.0 Å². The van der Waals surface area contributed by atoms with Gasteiger partial charge in [-0.1, -0.05) is 23.2 Å². The van der Waals surface area contributed by atoms with Gasteiger partial charge in [-0.05, 0) is 38.1 Å². The van der Waals surface area contributed by atoms with E-state index < -0.39 is 21.6 Å². The van der Waals surface area contributed by atoms with E-state index in [1.807, 2.05) is 0 Å². The number of halogens is 2. The molecular weight excluding hydrogens is 339 g/mol. The van der Waals surface area contributed by atoms with Crippen molar-refractivity contribution in [2.24, 2.45) is 0 Å². The molecule has 1 aliphatic heterocycles. The summed E-state index contributed by atoms with van der Waals surface area (Å²) >= 11 is 11.7. The van der Waals surface area contributed by atoms with Gasteiger partial charge in [-0.15, -0.1) is 0 Å². The van der Waals surface area contributed by atoms with Crippen LogP contribution >= 0.6 is 23.2 Å². The SMILES string of the molecule is O=C(O)c1c(Cl)ccc(S(=O)(=O)NC2CCNCC2)c1Cl. The summed E-state index contributed by atoms with van der Waals surface area (Å²) in [4.78, 5) is 10.8. The van der Waals surface area contributed by atoms with Crippen molar-refractivity contribution in [3.63, 3.8) is 0 Å². The van der Waals surface area contributed by atoms with Crippen LogP contribution in [0.1, 0.15) is 23.2 Å². The Morgan fingerprint density at radius 1 is 1.29 bits per heavy atom. The average molecular weight is 353 g/mol. The van der Waals surface area contributed by atoms with E-state index in [4.69, 9.17) is 28.3 Å². The first-order valence-electron chi connectivity index (χ1n) is 6.27. The van der Waals surface area contributed by atoms with Crippen LogP contribution in [0.4, 0.5) is 0 Å². The first-order valence-corrected chi connectivity index (χ1v) is 8.51. The number of nitrogens with one attached hydrogen (secondary N) is 2. The highest BCUT2D eigenvalue weighted by Crippen LogP contribution is 2.31. The zero-order valence-corrected chi connectivity index (χ0v) is 13.2. The molecule has 1 aliphatic rings. The van der Waals surface area contributed by atoms with Crippen LogP contribution < -0.4 is 10.0 Å². The molecule has 0 radical (unpaired) electrons. The van der Waals surface area contributed by atoms with Crippen LogP contribution in [0.25, 0.3) is 0 Å². The Bertz CT molecular complexity index is 657. The molecular formula is C12H14Cl2N2O4S. The topological polar surface area (TPSA) is 95.5 Å². The second-order valence-electron chi connectivity index (χ2n) is 4.69. The molecule has 0 atom stereocenters. The van der Waals surface area contributed by atoms with E-state index in [-0.39, 0.29) is 21.0 Å². The lowest BCUT2D eigenvalue weighted by Crippen LogP contribution is -2.42. The molecule has 0 aliphatic carbocycles. The molecule has 1 saturated heterocycles. The van der Waals surface area contributed by atoms with Crippen molar-refractivity contribution >= 4 is 39.2 Å². The summed E-state index contributed by atoms with van der Waals surface area (Å²) in [7, 11) is -3.90. The Morgan fingerprint density at radius 2 is 1.90 bits per heavy atom. The first kappa shape index (κ1) is 16.5. The highest BCUT2D eigenvalue weighted by atomic mass is 35.5. The van der Waals surface area contributed by atoms with Gasteiger partial charge in [0.1, 0.15) is 4.90 Å². The predicted molar refractivity (Wildman–Crippen MR) is 79.6 cm³/mol. The number of benzene rings is 1. The molecule has 2 rings (SSSR count). The number of piperidine rings is 1. The van der Waals surface area contributed by atoms with Gasteiger partial charge in [-0.3, -0.25) is 0 Å². The molecule has 1 heterocycles. The summed E-state index contributed by atoms with van der Waals surface area (Å²) in [6, 6.07) is 2.23. The van der Waals surface area contributed by atoms with E-state index in [1.54, 1.807) is 0 Å². The van der Waals surface area contributed by atoms with Crippen LogP contribution in [-0.4, -0.2) is 38.6 Å². The van der Waals surface area contributed by atoms with E-state index >= 15 is 0 Å². The summed E-state index contributed by atoms with van der Waals surface area (Å²) in [6.07, 6.45) is 1.33.